The maximum absolute atomic E-state index is 11.3. The Morgan fingerprint density at radius 1 is 1.30 bits per heavy atom. The zero-order valence-corrected chi connectivity index (χ0v) is 11.8. The third-order valence-electron chi connectivity index (χ3n) is 4.18. The summed E-state index contributed by atoms with van der Waals surface area (Å²) in [4.78, 5) is 13.0. The molecule has 2 aliphatic rings. The van der Waals surface area contributed by atoms with Crippen molar-refractivity contribution < 1.29 is 9.90 Å². The van der Waals surface area contributed by atoms with Gasteiger partial charge in [-0.05, 0) is 44.2 Å². The van der Waals surface area contributed by atoms with Crippen LogP contribution in [0.25, 0.3) is 0 Å². The predicted octanol–water partition coefficient (Wildman–Crippen LogP) is 2.61. The molecular formula is C13H17ClN4O2. The first-order valence-electron chi connectivity index (χ1n) is 6.90. The number of rotatable bonds is 2. The lowest BCUT2D eigenvalue weighted by Crippen LogP contribution is -2.56. The Morgan fingerprint density at radius 2 is 2.00 bits per heavy atom. The molecule has 1 aromatic heterocycles. The molecule has 3 atom stereocenters. The van der Waals surface area contributed by atoms with Crippen molar-refractivity contribution in [1.29, 1.82) is 0 Å². The quantitative estimate of drug-likeness (QED) is 0.877. The van der Waals surface area contributed by atoms with Crippen molar-refractivity contribution in [2.75, 3.05) is 5.32 Å². The summed E-state index contributed by atoms with van der Waals surface area (Å²) in [5, 5.41) is 20.8. The van der Waals surface area contributed by atoms with Crippen LogP contribution in [0.4, 0.5) is 10.6 Å². The van der Waals surface area contributed by atoms with Crippen molar-refractivity contribution in [2.24, 2.45) is 0 Å². The molecule has 108 valence electrons. The van der Waals surface area contributed by atoms with Crippen LogP contribution >= 0.6 is 11.6 Å². The number of piperidine rings is 2. The second-order valence-electron chi connectivity index (χ2n) is 5.48. The average Bonchev–Trinajstić information content (AvgIpc) is 2.40. The average molecular weight is 297 g/mol. The predicted molar refractivity (Wildman–Crippen MR) is 75.0 cm³/mol. The molecule has 2 saturated heterocycles. The minimum absolute atomic E-state index is 0.123. The van der Waals surface area contributed by atoms with Crippen LogP contribution in [0, 0.1) is 0 Å². The van der Waals surface area contributed by atoms with E-state index in [9.17, 15) is 9.90 Å². The van der Waals surface area contributed by atoms with E-state index in [0.717, 1.165) is 32.1 Å². The Hall–Kier alpha value is -1.56. The first kappa shape index (κ1) is 13.4. The fourth-order valence-electron chi connectivity index (χ4n) is 3.41. The molecule has 20 heavy (non-hydrogen) atoms. The van der Waals surface area contributed by atoms with Crippen molar-refractivity contribution >= 4 is 23.5 Å². The van der Waals surface area contributed by atoms with Crippen LogP contribution in [0.1, 0.15) is 32.1 Å². The van der Waals surface area contributed by atoms with Gasteiger partial charge in [0.15, 0.2) is 5.15 Å². The van der Waals surface area contributed by atoms with Gasteiger partial charge in [0, 0.05) is 18.1 Å². The Balaban J connectivity index is 1.68. The summed E-state index contributed by atoms with van der Waals surface area (Å²) < 4.78 is 0. The molecule has 2 aliphatic heterocycles. The molecule has 2 N–H and O–H groups in total. The smallest absolute Gasteiger partial charge is 0.407 e. The molecule has 0 saturated carbocycles. The third-order valence-corrected chi connectivity index (χ3v) is 4.38. The molecule has 2 bridgehead atoms. The normalized spacial score (nSPS) is 29.1. The summed E-state index contributed by atoms with van der Waals surface area (Å²) >= 11 is 5.71. The van der Waals surface area contributed by atoms with E-state index in [1.807, 2.05) is 0 Å². The maximum Gasteiger partial charge on any atom is 0.407 e. The summed E-state index contributed by atoms with van der Waals surface area (Å²) in [5.74, 6) is 0.696. The van der Waals surface area contributed by atoms with Crippen molar-refractivity contribution in [3.05, 3.63) is 17.3 Å². The summed E-state index contributed by atoms with van der Waals surface area (Å²) in [6.45, 7) is 0. The number of fused-ring (bicyclic) bond motifs is 2. The third kappa shape index (κ3) is 2.65. The fraction of sp³-hybridized carbons (Fsp3) is 0.615. The van der Waals surface area contributed by atoms with Crippen molar-refractivity contribution in [3.8, 4) is 0 Å². The van der Waals surface area contributed by atoms with Crippen LogP contribution in [0.3, 0.4) is 0 Å². The van der Waals surface area contributed by atoms with E-state index in [-0.39, 0.29) is 18.1 Å². The summed E-state index contributed by atoms with van der Waals surface area (Å²) in [6.07, 6.45) is 3.89. The van der Waals surface area contributed by atoms with E-state index in [2.05, 4.69) is 15.5 Å². The topological polar surface area (TPSA) is 78.4 Å². The molecular weight excluding hydrogens is 280 g/mol. The lowest BCUT2D eigenvalue weighted by molar-refractivity contribution is 0.0385. The van der Waals surface area contributed by atoms with Crippen LogP contribution in [0.5, 0.6) is 0 Å². The number of nitrogens with zero attached hydrogens (tertiary/aromatic N) is 3. The Morgan fingerprint density at radius 3 is 2.55 bits per heavy atom. The molecule has 2 unspecified atom stereocenters. The number of amides is 1. The maximum atomic E-state index is 11.3. The van der Waals surface area contributed by atoms with Gasteiger partial charge in [0.05, 0.1) is 0 Å². The SMILES string of the molecule is O=C(O)N1C2CCC[C@H]1CC(Nc1ccc(Cl)nn1)C2. The van der Waals surface area contributed by atoms with Gasteiger partial charge in [-0.25, -0.2) is 4.79 Å². The fourth-order valence-corrected chi connectivity index (χ4v) is 3.51. The highest BCUT2D eigenvalue weighted by Crippen LogP contribution is 2.35. The van der Waals surface area contributed by atoms with Crippen LogP contribution in [0.2, 0.25) is 5.15 Å². The van der Waals surface area contributed by atoms with Gasteiger partial charge in [-0.1, -0.05) is 11.6 Å². The van der Waals surface area contributed by atoms with E-state index in [1.165, 1.54) is 0 Å². The summed E-state index contributed by atoms with van der Waals surface area (Å²) in [7, 11) is 0. The number of anilines is 1. The highest BCUT2D eigenvalue weighted by atomic mass is 35.5. The highest BCUT2D eigenvalue weighted by molar-refractivity contribution is 6.29. The molecule has 1 amide bonds. The van der Waals surface area contributed by atoms with Crippen molar-refractivity contribution in [2.45, 2.75) is 50.2 Å². The number of carboxylic acid groups (broad SMARTS) is 1. The lowest BCUT2D eigenvalue weighted by atomic mass is 9.82. The van der Waals surface area contributed by atoms with Gasteiger partial charge in [-0.15, -0.1) is 10.2 Å². The molecule has 1 aromatic rings. The van der Waals surface area contributed by atoms with E-state index in [4.69, 9.17) is 11.6 Å². The first-order chi connectivity index (χ1) is 9.63. The molecule has 0 spiro atoms. The van der Waals surface area contributed by atoms with E-state index in [0.29, 0.717) is 11.0 Å². The number of aromatic nitrogens is 2. The highest BCUT2D eigenvalue weighted by Gasteiger charge is 2.40. The summed E-state index contributed by atoms with van der Waals surface area (Å²) in [5.41, 5.74) is 0. The number of carbonyl (C=O) groups is 1. The standard InChI is InChI=1S/C13H17ClN4O2/c14-11-4-5-12(17-16-11)15-8-6-9-2-1-3-10(7-8)18(9)13(19)20/h4-5,8-10H,1-3,6-7H2,(H,15,17)(H,19,20)/t8?,9-,10?/m0/s1. The number of hydrogen-bond acceptors (Lipinski definition) is 4. The lowest BCUT2D eigenvalue weighted by Gasteiger charge is -2.47. The Kier molecular flexibility index (Phi) is 3.65. The van der Waals surface area contributed by atoms with Crippen LogP contribution < -0.4 is 5.32 Å². The van der Waals surface area contributed by atoms with Crippen molar-refractivity contribution in [3.63, 3.8) is 0 Å². The molecule has 7 heteroatoms. The van der Waals surface area contributed by atoms with Gasteiger partial charge in [0.2, 0.25) is 0 Å². The van der Waals surface area contributed by atoms with Crippen molar-refractivity contribution in [1.82, 2.24) is 15.1 Å². The molecule has 3 rings (SSSR count). The first-order valence-corrected chi connectivity index (χ1v) is 7.28. The number of halogens is 1. The van der Waals surface area contributed by atoms with E-state index >= 15 is 0 Å². The second-order valence-corrected chi connectivity index (χ2v) is 5.87. The Labute approximate surface area is 122 Å². The molecule has 3 heterocycles. The molecule has 0 aliphatic carbocycles. The number of nitrogens with one attached hydrogen (secondary N) is 1. The van der Waals surface area contributed by atoms with Crippen LogP contribution in [-0.4, -0.2) is 44.4 Å². The molecule has 2 fully saturated rings. The van der Waals surface area contributed by atoms with Gasteiger partial charge < -0.3 is 15.3 Å². The monoisotopic (exact) mass is 296 g/mol. The van der Waals surface area contributed by atoms with Crippen LogP contribution in [-0.2, 0) is 0 Å². The number of hydrogen-bond donors (Lipinski definition) is 2. The van der Waals surface area contributed by atoms with Gasteiger partial charge in [0.1, 0.15) is 5.82 Å². The zero-order chi connectivity index (χ0) is 14.1. The largest absolute Gasteiger partial charge is 0.465 e. The van der Waals surface area contributed by atoms with Crippen LogP contribution in [0.15, 0.2) is 12.1 Å². The molecule has 0 aromatic carbocycles. The summed E-state index contributed by atoms with van der Waals surface area (Å²) in [6, 6.07) is 3.99. The van der Waals surface area contributed by atoms with E-state index in [1.54, 1.807) is 17.0 Å². The molecule has 0 radical (unpaired) electrons. The van der Waals surface area contributed by atoms with Gasteiger partial charge in [-0.3, -0.25) is 0 Å². The Bertz CT molecular complexity index is 482. The van der Waals surface area contributed by atoms with Gasteiger partial charge in [0.25, 0.3) is 0 Å². The van der Waals surface area contributed by atoms with E-state index < -0.39 is 6.09 Å². The minimum atomic E-state index is -0.788. The second kappa shape index (κ2) is 5.44. The minimum Gasteiger partial charge on any atom is -0.465 e. The van der Waals surface area contributed by atoms with Gasteiger partial charge in [-0.2, -0.15) is 0 Å². The van der Waals surface area contributed by atoms with Gasteiger partial charge >= 0.3 is 6.09 Å². The zero-order valence-electron chi connectivity index (χ0n) is 11.0. The molecule has 6 nitrogen and oxygen atoms in total.